The highest BCUT2D eigenvalue weighted by molar-refractivity contribution is 5.48. The van der Waals surface area contributed by atoms with Gasteiger partial charge in [0.2, 0.25) is 0 Å². The molecule has 1 heterocycles. The van der Waals surface area contributed by atoms with Crippen LogP contribution in [0.1, 0.15) is 6.92 Å². The van der Waals surface area contributed by atoms with Crippen molar-refractivity contribution in [1.82, 2.24) is 10.2 Å². The van der Waals surface area contributed by atoms with Crippen molar-refractivity contribution >= 4 is 5.69 Å². The second-order valence-corrected chi connectivity index (χ2v) is 5.24. The molecule has 1 N–H and O–H groups in total. The molecule has 0 bridgehead atoms. The molecular weight excluding hydrogens is 253 g/mol. The van der Waals surface area contributed by atoms with Gasteiger partial charge in [-0.1, -0.05) is 25.6 Å². The van der Waals surface area contributed by atoms with Crippen LogP contribution in [-0.2, 0) is 0 Å². The first-order valence-corrected chi connectivity index (χ1v) is 7.30. The van der Waals surface area contributed by atoms with Crippen LogP contribution in [0.3, 0.4) is 0 Å². The smallest absolute Gasteiger partial charge is 0.146 e. The van der Waals surface area contributed by atoms with Gasteiger partial charge in [0.15, 0.2) is 0 Å². The fraction of sp³-hybridized carbons (Fsp3) is 0.500. The Labute approximate surface area is 121 Å². The zero-order valence-corrected chi connectivity index (χ0v) is 12.2. The third-order valence-electron chi connectivity index (χ3n) is 3.64. The van der Waals surface area contributed by atoms with Gasteiger partial charge in [-0.25, -0.2) is 4.39 Å². The molecule has 4 heteroatoms. The van der Waals surface area contributed by atoms with Gasteiger partial charge in [0, 0.05) is 39.3 Å². The standard InChI is InChI=1S/C16H24FN3/c1-3-18-12-14(2)13-19-8-10-20(11-9-19)16-7-5-4-6-15(16)17/h4-7,18H,2-3,8-13H2,1H3. The van der Waals surface area contributed by atoms with Crippen molar-refractivity contribution < 1.29 is 4.39 Å². The predicted octanol–water partition coefficient (Wildman–Crippen LogP) is 2.11. The first-order chi connectivity index (χ1) is 9.70. The Morgan fingerprint density at radius 3 is 2.60 bits per heavy atom. The number of likely N-dealkylation sites (N-methyl/N-ethyl adjacent to an activating group) is 1. The van der Waals surface area contributed by atoms with E-state index in [-0.39, 0.29) is 5.82 Å². The minimum absolute atomic E-state index is 0.127. The van der Waals surface area contributed by atoms with E-state index in [4.69, 9.17) is 0 Å². The van der Waals surface area contributed by atoms with E-state index in [9.17, 15) is 4.39 Å². The summed E-state index contributed by atoms with van der Waals surface area (Å²) in [5.74, 6) is -0.127. The summed E-state index contributed by atoms with van der Waals surface area (Å²) < 4.78 is 13.7. The first kappa shape index (κ1) is 15.0. The van der Waals surface area contributed by atoms with Gasteiger partial charge < -0.3 is 10.2 Å². The summed E-state index contributed by atoms with van der Waals surface area (Å²) in [4.78, 5) is 4.51. The van der Waals surface area contributed by atoms with Crippen molar-refractivity contribution in [2.45, 2.75) is 6.92 Å². The number of para-hydroxylation sites is 1. The average molecular weight is 277 g/mol. The molecule has 0 amide bonds. The van der Waals surface area contributed by atoms with Gasteiger partial charge >= 0.3 is 0 Å². The highest BCUT2D eigenvalue weighted by atomic mass is 19.1. The van der Waals surface area contributed by atoms with Crippen molar-refractivity contribution in [3.63, 3.8) is 0 Å². The van der Waals surface area contributed by atoms with Crippen molar-refractivity contribution in [2.24, 2.45) is 0 Å². The molecule has 1 fully saturated rings. The van der Waals surface area contributed by atoms with E-state index < -0.39 is 0 Å². The van der Waals surface area contributed by atoms with Gasteiger partial charge in [-0.2, -0.15) is 0 Å². The molecule has 1 aromatic carbocycles. The van der Waals surface area contributed by atoms with Gasteiger partial charge in [0.25, 0.3) is 0 Å². The van der Waals surface area contributed by atoms with Crippen LogP contribution in [0.25, 0.3) is 0 Å². The number of nitrogens with one attached hydrogen (secondary N) is 1. The zero-order valence-electron chi connectivity index (χ0n) is 12.2. The van der Waals surface area contributed by atoms with Gasteiger partial charge in [-0.3, -0.25) is 4.90 Å². The number of anilines is 1. The first-order valence-electron chi connectivity index (χ1n) is 7.30. The molecule has 1 aliphatic rings. The van der Waals surface area contributed by atoms with E-state index in [0.29, 0.717) is 0 Å². The van der Waals surface area contributed by atoms with Gasteiger partial charge in [0.05, 0.1) is 5.69 Å². The maximum atomic E-state index is 13.7. The summed E-state index contributed by atoms with van der Waals surface area (Å²) in [6.45, 7) is 12.6. The lowest BCUT2D eigenvalue weighted by molar-refractivity contribution is 0.276. The van der Waals surface area contributed by atoms with E-state index in [1.807, 2.05) is 12.1 Å². The minimum atomic E-state index is -0.127. The molecule has 2 rings (SSSR count). The van der Waals surface area contributed by atoms with Crippen molar-refractivity contribution in [2.75, 3.05) is 50.7 Å². The van der Waals surface area contributed by atoms with Gasteiger partial charge in [-0.15, -0.1) is 0 Å². The Kier molecular flexibility index (Phi) is 5.56. The molecule has 1 aliphatic heterocycles. The highest BCUT2D eigenvalue weighted by Crippen LogP contribution is 2.20. The third-order valence-corrected chi connectivity index (χ3v) is 3.64. The lowest BCUT2D eigenvalue weighted by atomic mass is 10.2. The Morgan fingerprint density at radius 1 is 1.25 bits per heavy atom. The van der Waals surface area contributed by atoms with Crippen LogP contribution < -0.4 is 10.2 Å². The van der Waals surface area contributed by atoms with E-state index in [1.165, 1.54) is 11.6 Å². The summed E-state index contributed by atoms with van der Waals surface area (Å²) in [5.41, 5.74) is 1.94. The van der Waals surface area contributed by atoms with Crippen LogP contribution in [0.15, 0.2) is 36.4 Å². The van der Waals surface area contributed by atoms with Crippen LogP contribution in [-0.4, -0.2) is 50.7 Å². The molecule has 0 unspecified atom stereocenters. The molecule has 0 spiro atoms. The van der Waals surface area contributed by atoms with E-state index in [1.54, 1.807) is 6.07 Å². The molecular formula is C16H24FN3. The lowest BCUT2D eigenvalue weighted by Gasteiger charge is -2.36. The number of hydrogen-bond donors (Lipinski definition) is 1. The number of rotatable bonds is 6. The number of nitrogens with zero attached hydrogens (tertiary/aromatic N) is 2. The molecule has 20 heavy (non-hydrogen) atoms. The molecule has 0 saturated carbocycles. The second-order valence-electron chi connectivity index (χ2n) is 5.24. The van der Waals surface area contributed by atoms with E-state index in [2.05, 4.69) is 28.6 Å². The monoisotopic (exact) mass is 277 g/mol. The second kappa shape index (κ2) is 7.41. The molecule has 0 aliphatic carbocycles. The number of halogens is 1. The highest BCUT2D eigenvalue weighted by Gasteiger charge is 2.19. The summed E-state index contributed by atoms with van der Waals surface area (Å²) in [6.07, 6.45) is 0. The Bertz CT molecular complexity index is 439. The Morgan fingerprint density at radius 2 is 1.95 bits per heavy atom. The SMILES string of the molecule is C=C(CNCC)CN1CCN(c2ccccc2F)CC1. The van der Waals surface area contributed by atoms with Crippen molar-refractivity contribution in [3.05, 3.63) is 42.2 Å². The topological polar surface area (TPSA) is 18.5 Å². The summed E-state index contributed by atoms with van der Waals surface area (Å²) in [6, 6.07) is 7.01. The van der Waals surface area contributed by atoms with Gasteiger partial charge in [-0.05, 0) is 24.3 Å². The fourth-order valence-electron chi connectivity index (χ4n) is 2.53. The summed E-state index contributed by atoms with van der Waals surface area (Å²) >= 11 is 0. The summed E-state index contributed by atoms with van der Waals surface area (Å²) in [7, 11) is 0. The molecule has 1 saturated heterocycles. The lowest BCUT2D eigenvalue weighted by Crippen LogP contribution is -2.47. The van der Waals surface area contributed by atoms with E-state index in [0.717, 1.165) is 51.5 Å². The largest absolute Gasteiger partial charge is 0.367 e. The molecule has 0 radical (unpaired) electrons. The summed E-state index contributed by atoms with van der Waals surface area (Å²) in [5, 5.41) is 3.29. The van der Waals surface area contributed by atoms with Crippen LogP contribution in [0.5, 0.6) is 0 Å². The quantitative estimate of drug-likeness (QED) is 0.804. The molecule has 1 aromatic rings. The zero-order chi connectivity index (χ0) is 14.4. The average Bonchev–Trinajstić information content (AvgIpc) is 2.47. The number of benzene rings is 1. The van der Waals surface area contributed by atoms with Gasteiger partial charge in [0.1, 0.15) is 5.82 Å². The molecule has 3 nitrogen and oxygen atoms in total. The Balaban J connectivity index is 1.81. The number of piperazine rings is 1. The maximum absolute atomic E-state index is 13.7. The van der Waals surface area contributed by atoms with Crippen LogP contribution in [0.2, 0.25) is 0 Å². The van der Waals surface area contributed by atoms with Crippen LogP contribution in [0, 0.1) is 5.82 Å². The molecule has 0 aromatic heterocycles. The van der Waals surface area contributed by atoms with Crippen LogP contribution >= 0.6 is 0 Å². The molecule has 110 valence electrons. The van der Waals surface area contributed by atoms with Crippen LogP contribution in [0.4, 0.5) is 10.1 Å². The fourth-order valence-corrected chi connectivity index (χ4v) is 2.53. The Hall–Kier alpha value is -1.39. The predicted molar refractivity (Wildman–Crippen MR) is 82.7 cm³/mol. The normalized spacial score (nSPS) is 16.4. The molecule has 0 atom stereocenters. The maximum Gasteiger partial charge on any atom is 0.146 e. The third kappa shape index (κ3) is 4.05. The van der Waals surface area contributed by atoms with E-state index >= 15 is 0 Å². The van der Waals surface area contributed by atoms with Crippen molar-refractivity contribution in [1.29, 1.82) is 0 Å². The minimum Gasteiger partial charge on any atom is -0.367 e. The van der Waals surface area contributed by atoms with Crippen molar-refractivity contribution in [3.8, 4) is 0 Å². The number of hydrogen-bond acceptors (Lipinski definition) is 3.